The van der Waals surface area contributed by atoms with E-state index >= 15 is 0 Å². The van der Waals surface area contributed by atoms with Gasteiger partial charge in [-0.15, -0.1) is 0 Å². The maximum Gasteiger partial charge on any atom is 0.204 e. The fraction of sp³-hybridized carbons (Fsp3) is 0. The van der Waals surface area contributed by atoms with Gasteiger partial charge in [-0.3, -0.25) is 9.97 Å². The molecule has 0 N–H and O–H groups in total. The Balaban J connectivity index is 1.66. The standard InChI is InChI=1S/C44H16N10/c1-49-29-16-27(17-30(18-29)50-2)35(23-47)39-33-19-31-32(20-34(33)44(52-4)42(39)38-10-6-8-12-54-38)41(40(36(31)24-48)37-9-5-7-11-53-37)43(51-3)28-14-25(21-45)13-26(15-28)22-46/h5-20H/b39-35-,43-41+. The number of allylic oxidation sites excluding steroid dienone is 6. The predicted octanol–water partition coefficient (Wildman–Crippen LogP) is 9.79. The summed E-state index contributed by atoms with van der Waals surface area (Å²) in [6.07, 6.45) is 3.13. The van der Waals surface area contributed by atoms with E-state index in [0.717, 1.165) is 0 Å². The average molecular weight is 685 g/mol. The minimum absolute atomic E-state index is 0.0584. The van der Waals surface area contributed by atoms with E-state index in [1.54, 1.807) is 60.9 Å². The molecular weight excluding hydrogens is 669 g/mol. The highest BCUT2D eigenvalue weighted by Crippen LogP contribution is 2.56. The third kappa shape index (κ3) is 5.31. The first-order chi connectivity index (χ1) is 26.4. The van der Waals surface area contributed by atoms with Crippen molar-refractivity contribution in [2.75, 3.05) is 0 Å². The zero-order valence-corrected chi connectivity index (χ0v) is 27.7. The van der Waals surface area contributed by atoms with Crippen molar-refractivity contribution in [1.29, 1.82) is 21.0 Å². The lowest BCUT2D eigenvalue weighted by Crippen LogP contribution is -1.97. The summed E-state index contributed by atoms with van der Waals surface area (Å²) >= 11 is 0. The third-order valence-electron chi connectivity index (χ3n) is 8.90. The number of hydrogen-bond donors (Lipinski definition) is 0. The minimum atomic E-state index is 0.0584. The Kier molecular flexibility index (Phi) is 8.41. The quantitative estimate of drug-likeness (QED) is 0.136. The summed E-state index contributed by atoms with van der Waals surface area (Å²) < 4.78 is 0. The molecule has 10 heteroatoms. The molecule has 7 rings (SSSR count). The highest BCUT2D eigenvalue weighted by Gasteiger charge is 2.38. The van der Waals surface area contributed by atoms with E-state index in [4.69, 9.17) is 26.3 Å². The van der Waals surface area contributed by atoms with Crippen LogP contribution in [-0.4, -0.2) is 9.97 Å². The van der Waals surface area contributed by atoms with Crippen molar-refractivity contribution in [3.63, 3.8) is 0 Å². The number of aromatic nitrogens is 2. The van der Waals surface area contributed by atoms with Gasteiger partial charge in [-0.25, -0.2) is 19.4 Å². The van der Waals surface area contributed by atoms with E-state index in [-0.39, 0.29) is 50.6 Å². The molecule has 0 atom stereocenters. The lowest BCUT2D eigenvalue weighted by Gasteiger charge is -2.15. The van der Waals surface area contributed by atoms with Gasteiger partial charge in [-0.05, 0) is 93.1 Å². The van der Waals surface area contributed by atoms with Gasteiger partial charge in [-0.1, -0.05) is 36.4 Å². The second-order valence-electron chi connectivity index (χ2n) is 11.8. The Bertz CT molecular complexity index is 2730. The molecule has 0 amide bonds. The molecule has 0 saturated carbocycles. The van der Waals surface area contributed by atoms with Crippen molar-refractivity contribution in [2.45, 2.75) is 0 Å². The Hall–Kier alpha value is -9.16. The zero-order valence-electron chi connectivity index (χ0n) is 27.7. The van der Waals surface area contributed by atoms with Gasteiger partial charge in [0.15, 0.2) is 11.4 Å². The van der Waals surface area contributed by atoms with Gasteiger partial charge in [0.25, 0.3) is 0 Å². The van der Waals surface area contributed by atoms with Crippen LogP contribution >= 0.6 is 0 Å². The number of nitrogens with zero attached hydrogens (tertiary/aromatic N) is 10. The molecule has 3 aromatic carbocycles. The van der Waals surface area contributed by atoms with Crippen LogP contribution in [0, 0.1) is 71.6 Å². The molecule has 2 aliphatic carbocycles. The fourth-order valence-electron chi connectivity index (χ4n) is 6.75. The lowest BCUT2D eigenvalue weighted by molar-refractivity contribution is 1.28. The van der Waals surface area contributed by atoms with Crippen molar-refractivity contribution < 1.29 is 0 Å². The van der Waals surface area contributed by atoms with Gasteiger partial charge >= 0.3 is 0 Å². The van der Waals surface area contributed by atoms with Crippen molar-refractivity contribution in [1.82, 2.24) is 9.97 Å². The molecular formula is C44H16N10. The molecule has 0 unspecified atom stereocenters. The van der Waals surface area contributed by atoms with Crippen LogP contribution in [0.25, 0.3) is 64.2 Å². The SMILES string of the molecule is [C-]#[N+]C1=C(c2ccccn2)/C(=C(/C#N)c2cc([N+]#[C-])cc([N+]#[C-])c2)c2cc3c(cc21)/C(=C(\[N+]#[C-])c1cc(C#N)cc(C#N)c1)C(c1ccccn1)=C3C#N. The van der Waals surface area contributed by atoms with E-state index in [1.165, 1.54) is 36.4 Å². The molecule has 0 bridgehead atoms. The monoisotopic (exact) mass is 684 g/mol. The second-order valence-corrected chi connectivity index (χ2v) is 11.8. The van der Waals surface area contributed by atoms with Crippen molar-refractivity contribution >= 4 is 56.2 Å². The number of hydrogen-bond acceptors (Lipinski definition) is 6. The van der Waals surface area contributed by atoms with Gasteiger partial charge in [-0.2, -0.15) is 21.0 Å². The van der Waals surface area contributed by atoms with Crippen LogP contribution in [0.1, 0.15) is 55.9 Å². The number of fused-ring (bicyclic) bond motifs is 2. The summed E-state index contributed by atoms with van der Waals surface area (Å²) in [6, 6.07) is 31.4. The first-order valence-electron chi connectivity index (χ1n) is 15.8. The second kappa shape index (κ2) is 13.6. The normalized spacial score (nSPS) is 14.1. The fourth-order valence-corrected chi connectivity index (χ4v) is 6.75. The molecule has 2 aliphatic rings. The van der Waals surface area contributed by atoms with Crippen molar-refractivity contribution in [3.05, 3.63) is 199 Å². The predicted molar refractivity (Wildman–Crippen MR) is 201 cm³/mol. The highest BCUT2D eigenvalue weighted by molar-refractivity contribution is 6.33. The van der Waals surface area contributed by atoms with Gasteiger partial charge in [0.05, 0.1) is 72.1 Å². The summed E-state index contributed by atoms with van der Waals surface area (Å²) in [6.45, 7) is 32.1. The molecule has 242 valence electrons. The Labute approximate surface area is 309 Å². The summed E-state index contributed by atoms with van der Waals surface area (Å²) in [5.74, 6) is 0. The number of pyridine rings is 2. The topological polar surface area (TPSA) is 138 Å². The summed E-state index contributed by atoms with van der Waals surface area (Å²) in [4.78, 5) is 24.0. The Morgan fingerprint density at radius 2 is 1.15 bits per heavy atom. The third-order valence-corrected chi connectivity index (χ3v) is 8.90. The summed E-state index contributed by atoms with van der Waals surface area (Å²) in [5, 5.41) is 41.2. The molecule has 2 heterocycles. The Morgan fingerprint density at radius 1 is 0.556 bits per heavy atom. The van der Waals surface area contributed by atoms with Crippen LogP contribution in [0.2, 0.25) is 0 Å². The summed E-state index contributed by atoms with van der Waals surface area (Å²) in [5.41, 5.74) is 5.54. The van der Waals surface area contributed by atoms with Gasteiger partial charge in [0.2, 0.25) is 11.4 Å². The van der Waals surface area contributed by atoms with Crippen molar-refractivity contribution in [2.24, 2.45) is 0 Å². The zero-order chi connectivity index (χ0) is 37.9. The molecule has 0 fully saturated rings. The average Bonchev–Trinajstić information content (AvgIpc) is 3.72. The maximum atomic E-state index is 10.8. The molecule has 0 spiro atoms. The van der Waals surface area contributed by atoms with E-state index < -0.39 is 0 Å². The van der Waals surface area contributed by atoms with E-state index in [9.17, 15) is 21.0 Å². The van der Waals surface area contributed by atoms with E-state index in [2.05, 4.69) is 41.5 Å². The summed E-state index contributed by atoms with van der Waals surface area (Å²) in [7, 11) is 0. The Morgan fingerprint density at radius 3 is 1.65 bits per heavy atom. The maximum absolute atomic E-state index is 10.8. The minimum Gasteiger partial charge on any atom is -0.258 e. The number of nitriles is 4. The first-order valence-corrected chi connectivity index (χ1v) is 15.8. The molecule has 54 heavy (non-hydrogen) atoms. The van der Waals surface area contributed by atoms with Gasteiger partial charge < -0.3 is 0 Å². The van der Waals surface area contributed by atoms with Crippen LogP contribution < -0.4 is 0 Å². The number of benzene rings is 3. The molecule has 5 aromatic rings. The molecule has 0 aliphatic heterocycles. The van der Waals surface area contributed by atoms with Crippen LogP contribution in [-0.2, 0) is 0 Å². The molecule has 0 radical (unpaired) electrons. The van der Waals surface area contributed by atoms with Crippen LogP contribution in [0.5, 0.6) is 0 Å². The van der Waals surface area contributed by atoms with E-state index in [1.807, 2.05) is 12.1 Å². The van der Waals surface area contributed by atoms with Crippen molar-refractivity contribution in [3.8, 4) is 24.3 Å². The van der Waals surface area contributed by atoms with Gasteiger partial charge in [0, 0.05) is 23.5 Å². The number of rotatable bonds is 4. The van der Waals surface area contributed by atoms with Crippen LogP contribution in [0.3, 0.4) is 0 Å². The smallest absolute Gasteiger partial charge is 0.204 e. The lowest BCUT2D eigenvalue weighted by atomic mass is 9.88. The molecule has 10 nitrogen and oxygen atoms in total. The van der Waals surface area contributed by atoms with Crippen LogP contribution in [0.15, 0.2) is 97.3 Å². The largest absolute Gasteiger partial charge is 0.258 e. The molecule has 0 saturated heterocycles. The van der Waals surface area contributed by atoms with E-state index in [0.29, 0.717) is 61.5 Å². The first kappa shape index (κ1) is 33.3. The molecule has 2 aromatic heterocycles. The van der Waals surface area contributed by atoms with Crippen LogP contribution in [0.4, 0.5) is 11.4 Å². The highest BCUT2D eigenvalue weighted by atomic mass is 14.7. The van der Waals surface area contributed by atoms with Gasteiger partial charge in [0.1, 0.15) is 12.1 Å².